The number of nitriles is 1. The lowest BCUT2D eigenvalue weighted by atomic mass is 10.0. The topological polar surface area (TPSA) is 40.9 Å². The lowest BCUT2D eigenvalue weighted by Gasteiger charge is -1.98. The predicted octanol–water partition coefficient (Wildman–Crippen LogP) is 2.55. The van der Waals surface area contributed by atoms with Gasteiger partial charge in [-0.15, -0.1) is 0 Å². The predicted molar refractivity (Wildman–Crippen MR) is 55.5 cm³/mol. The molecule has 14 heavy (non-hydrogen) atoms. The Morgan fingerprint density at radius 2 is 2.00 bits per heavy atom. The Morgan fingerprint density at radius 3 is 2.57 bits per heavy atom. The van der Waals surface area contributed by atoms with Crippen LogP contribution in [0.15, 0.2) is 29.8 Å². The number of benzene rings is 1. The highest BCUT2D eigenvalue weighted by molar-refractivity contribution is 5.97. The molecule has 0 saturated heterocycles. The smallest absolute Gasteiger partial charge is 0.155 e. The highest BCUT2D eigenvalue weighted by Crippen LogP contribution is 2.12. The Hall–Kier alpha value is -1.88. The fourth-order valence-corrected chi connectivity index (χ4v) is 1.06. The van der Waals surface area contributed by atoms with Crippen LogP contribution in [0.5, 0.6) is 0 Å². The highest BCUT2D eigenvalue weighted by Gasteiger charge is 2.00. The van der Waals surface area contributed by atoms with Gasteiger partial charge in [0.2, 0.25) is 0 Å². The van der Waals surface area contributed by atoms with Gasteiger partial charge in [-0.3, -0.25) is 4.79 Å². The summed E-state index contributed by atoms with van der Waals surface area (Å²) in [5.74, 6) is 0.0257. The van der Waals surface area contributed by atoms with Gasteiger partial charge in [0.1, 0.15) is 0 Å². The maximum atomic E-state index is 11.0. The molecule has 0 atom stereocenters. The Kier molecular flexibility index (Phi) is 3.19. The van der Waals surface area contributed by atoms with Crippen molar-refractivity contribution in [2.45, 2.75) is 13.8 Å². The molecular formula is C12H11NO. The molecule has 1 aromatic rings. The quantitative estimate of drug-likeness (QED) is 0.664. The summed E-state index contributed by atoms with van der Waals surface area (Å²) in [7, 11) is 0. The Labute approximate surface area is 83.5 Å². The largest absolute Gasteiger partial charge is 0.295 e. The van der Waals surface area contributed by atoms with Crippen LogP contribution in [0.4, 0.5) is 0 Å². The number of nitrogens with zero attached hydrogens (tertiary/aromatic N) is 1. The van der Waals surface area contributed by atoms with Crippen molar-refractivity contribution in [3.63, 3.8) is 0 Å². The van der Waals surface area contributed by atoms with E-state index in [0.717, 1.165) is 5.56 Å². The zero-order valence-corrected chi connectivity index (χ0v) is 8.24. The summed E-state index contributed by atoms with van der Waals surface area (Å²) < 4.78 is 0. The van der Waals surface area contributed by atoms with E-state index in [-0.39, 0.29) is 5.78 Å². The molecule has 2 nitrogen and oxygen atoms in total. The van der Waals surface area contributed by atoms with Gasteiger partial charge in [-0.1, -0.05) is 18.2 Å². The molecule has 0 saturated carbocycles. The number of ketones is 1. The minimum absolute atomic E-state index is 0.0257. The van der Waals surface area contributed by atoms with Crippen LogP contribution in [0.1, 0.15) is 25.0 Å². The van der Waals surface area contributed by atoms with Gasteiger partial charge in [0.05, 0.1) is 11.6 Å². The van der Waals surface area contributed by atoms with E-state index in [1.54, 1.807) is 25.1 Å². The lowest BCUT2D eigenvalue weighted by molar-refractivity contribution is -0.113. The van der Waals surface area contributed by atoms with Gasteiger partial charge >= 0.3 is 0 Å². The van der Waals surface area contributed by atoms with Crippen molar-refractivity contribution in [3.05, 3.63) is 41.0 Å². The number of rotatable bonds is 2. The number of allylic oxidation sites excluding steroid dienone is 1. The molecule has 1 aromatic carbocycles. The third-order valence-electron chi connectivity index (χ3n) is 2.01. The summed E-state index contributed by atoms with van der Waals surface area (Å²) in [5.41, 5.74) is 2.04. The molecule has 0 radical (unpaired) electrons. The second kappa shape index (κ2) is 4.38. The van der Waals surface area contributed by atoms with E-state index in [2.05, 4.69) is 6.07 Å². The first kappa shape index (κ1) is 10.2. The van der Waals surface area contributed by atoms with Crippen molar-refractivity contribution >= 4 is 11.9 Å². The van der Waals surface area contributed by atoms with Crippen LogP contribution >= 0.6 is 0 Å². The van der Waals surface area contributed by atoms with Crippen molar-refractivity contribution in [2.75, 3.05) is 0 Å². The number of hydrogen-bond donors (Lipinski definition) is 0. The molecule has 0 fully saturated rings. The molecule has 0 unspecified atom stereocenters. The molecule has 0 N–H and O–H groups in total. The molecule has 70 valence electrons. The molecule has 0 amide bonds. The standard InChI is InChI=1S/C12H11NO/c1-9(10(2)14)7-11-5-3-4-6-12(11)8-13/h3-7H,1-2H3. The molecule has 0 aliphatic rings. The van der Waals surface area contributed by atoms with E-state index in [4.69, 9.17) is 5.26 Å². The highest BCUT2D eigenvalue weighted by atomic mass is 16.1. The molecule has 0 aliphatic heterocycles. The van der Waals surface area contributed by atoms with Crippen LogP contribution < -0.4 is 0 Å². The fraction of sp³-hybridized carbons (Fsp3) is 0.167. The first-order chi connectivity index (χ1) is 6.65. The summed E-state index contributed by atoms with van der Waals surface area (Å²) in [5, 5.41) is 8.81. The molecule has 2 heteroatoms. The van der Waals surface area contributed by atoms with Gasteiger partial charge < -0.3 is 0 Å². The van der Waals surface area contributed by atoms with Gasteiger partial charge in [0.15, 0.2) is 5.78 Å². The van der Waals surface area contributed by atoms with E-state index >= 15 is 0 Å². The van der Waals surface area contributed by atoms with Crippen molar-refractivity contribution in [3.8, 4) is 6.07 Å². The molecular weight excluding hydrogens is 174 g/mol. The summed E-state index contributed by atoms with van der Waals surface area (Å²) in [6.45, 7) is 3.26. The Bertz CT molecular complexity index is 424. The van der Waals surface area contributed by atoms with Gasteiger partial charge in [-0.2, -0.15) is 5.26 Å². The van der Waals surface area contributed by atoms with Gasteiger partial charge in [0.25, 0.3) is 0 Å². The van der Waals surface area contributed by atoms with Crippen LogP contribution in [0.25, 0.3) is 6.08 Å². The normalized spacial score (nSPS) is 10.8. The fourth-order valence-electron chi connectivity index (χ4n) is 1.06. The van der Waals surface area contributed by atoms with Crippen molar-refractivity contribution in [1.82, 2.24) is 0 Å². The molecule has 0 aliphatic carbocycles. The lowest BCUT2D eigenvalue weighted by Crippen LogP contribution is -1.91. The van der Waals surface area contributed by atoms with E-state index in [1.165, 1.54) is 6.92 Å². The maximum Gasteiger partial charge on any atom is 0.155 e. The van der Waals surface area contributed by atoms with Crippen molar-refractivity contribution in [1.29, 1.82) is 5.26 Å². The van der Waals surface area contributed by atoms with Crippen LogP contribution in [0.2, 0.25) is 0 Å². The molecule has 0 aromatic heterocycles. The second-order valence-corrected chi connectivity index (χ2v) is 3.08. The second-order valence-electron chi connectivity index (χ2n) is 3.08. The zero-order chi connectivity index (χ0) is 10.6. The zero-order valence-electron chi connectivity index (χ0n) is 8.24. The van der Waals surface area contributed by atoms with Gasteiger partial charge in [0, 0.05) is 0 Å². The summed E-state index contributed by atoms with van der Waals surface area (Å²) >= 11 is 0. The third-order valence-corrected chi connectivity index (χ3v) is 2.01. The SMILES string of the molecule is CC(=O)C(C)=Cc1ccccc1C#N. The number of hydrogen-bond acceptors (Lipinski definition) is 2. The van der Waals surface area contributed by atoms with Gasteiger partial charge in [-0.05, 0) is 37.1 Å². The molecule has 0 spiro atoms. The maximum absolute atomic E-state index is 11.0. The average Bonchev–Trinajstić information content (AvgIpc) is 2.18. The summed E-state index contributed by atoms with van der Waals surface area (Å²) in [6, 6.07) is 9.30. The minimum atomic E-state index is 0.0257. The van der Waals surface area contributed by atoms with Crippen LogP contribution in [-0.4, -0.2) is 5.78 Å². The summed E-state index contributed by atoms with van der Waals surface area (Å²) in [4.78, 5) is 11.0. The Balaban J connectivity index is 3.15. The Morgan fingerprint density at radius 1 is 1.36 bits per heavy atom. The number of carbonyl (C=O) groups is 1. The minimum Gasteiger partial charge on any atom is -0.295 e. The van der Waals surface area contributed by atoms with Crippen LogP contribution in [-0.2, 0) is 4.79 Å². The first-order valence-electron chi connectivity index (χ1n) is 4.33. The van der Waals surface area contributed by atoms with Crippen LogP contribution in [0.3, 0.4) is 0 Å². The monoisotopic (exact) mass is 185 g/mol. The molecule has 1 rings (SSSR count). The third kappa shape index (κ3) is 2.30. The molecule has 0 bridgehead atoms. The molecule has 0 heterocycles. The van der Waals surface area contributed by atoms with Crippen molar-refractivity contribution in [2.24, 2.45) is 0 Å². The first-order valence-corrected chi connectivity index (χ1v) is 4.33. The van der Waals surface area contributed by atoms with Gasteiger partial charge in [-0.25, -0.2) is 0 Å². The average molecular weight is 185 g/mol. The van der Waals surface area contributed by atoms with E-state index < -0.39 is 0 Å². The number of carbonyl (C=O) groups excluding carboxylic acids is 1. The summed E-state index contributed by atoms with van der Waals surface area (Å²) in [6.07, 6.45) is 1.74. The van der Waals surface area contributed by atoms with E-state index in [0.29, 0.717) is 11.1 Å². The van der Waals surface area contributed by atoms with Crippen LogP contribution in [0, 0.1) is 11.3 Å². The van der Waals surface area contributed by atoms with E-state index in [1.807, 2.05) is 12.1 Å². The van der Waals surface area contributed by atoms with Crippen molar-refractivity contribution < 1.29 is 4.79 Å². The van der Waals surface area contributed by atoms with E-state index in [9.17, 15) is 4.79 Å². The number of Topliss-reactive ketones (excluding diaryl/α,β-unsaturated/α-hetero) is 1.